The smallest absolute Gasteiger partial charge is 0.362 e. The van der Waals surface area contributed by atoms with Crippen LogP contribution < -0.4 is 5.14 Å². The Bertz CT molecular complexity index is 104. The fourth-order valence-electron chi connectivity index (χ4n) is 0.180. The number of rotatable bonds is 1. The lowest BCUT2D eigenvalue weighted by Gasteiger charge is -2.04. The van der Waals surface area contributed by atoms with Crippen molar-refractivity contribution in [3.05, 3.63) is 12.0 Å². The van der Waals surface area contributed by atoms with Crippen LogP contribution in [0.15, 0.2) is 12.0 Å². The van der Waals surface area contributed by atoms with Gasteiger partial charge in [-0.3, -0.25) is 5.14 Å². The fraction of sp³-hybridized carbons (Fsp3) is 0.250. The number of hydrogen-bond acceptors (Lipinski definition) is 3. The molecule has 3 nitrogen and oxygen atoms in total. The van der Waals surface area contributed by atoms with Crippen LogP contribution in [-0.2, 0) is 4.74 Å². The van der Waals surface area contributed by atoms with E-state index >= 15 is 0 Å². The van der Waals surface area contributed by atoms with Gasteiger partial charge in [0.05, 0.1) is 7.11 Å². The van der Waals surface area contributed by atoms with Crippen LogP contribution in [0.25, 0.3) is 0 Å². The molecule has 48 valence electrons. The Morgan fingerprint density at radius 2 is 2.50 bits per heavy atom. The van der Waals surface area contributed by atoms with E-state index in [9.17, 15) is 4.79 Å². The van der Waals surface area contributed by atoms with Crippen LogP contribution in [-0.4, -0.2) is 12.4 Å². The molecular weight excluding hydrogens is 126 g/mol. The molecule has 0 saturated heterocycles. The van der Waals surface area contributed by atoms with Crippen molar-refractivity contribution in [3.63, 3.8) is 0 Å². The van der Waals surface area contributed by atoms with E-state index in [0.717, 1.165) is 0 Å². The van der Waals surface area contributed by atoms with Crippen LogP contribution in [0.4, 0.5) is 4.79 Å². The van der Waals surface area contributed by atoms with Crippen molar-refractivity contribution in [2.24, 2.45) is 5.14 Å². The van der Waals surface area contributed by atoms with Gasteiger partial charge in [-0.1, -0.05) is 17.7 Å². The van der Waals surface area contributed by atoms with Gasteiger partial charge in [0.2, 0.25) is 0 Å². The minimum Gasteiger partial charge on any atom is -0.461 e. The molecule has 0 aromatic carbocycles. The molecule has 4 heteroatoms. The van der Waals surface area contributed by atoms with Crippen molar-refractivity contribution in [1.29, 1.82) is 0 Å². The SMILES string of the molecule is C=C[SH](N)C(=O)OC. The molecule has 0 aliphatic rings. The van der Waals surface area contributed by atoms with Crippen LogP contribution in [0.5, 0.6) is 0 Å². The third-order valence-electron chi connectivity index (χ3n) is 0.582. The number of nitrogens with two attached hydrogens (primary N) is 1. The van der Waals surface area contributed by atoms with Gasteiger partial charge in [0.1, 0.15) is 0 Å². The molecule has 0 aliphatic heterocycles. The Morgan fingerprint density at radius 3 is 2.62 bits per heavy atom. The van der Waals surface area contributed by atoms with Crippen molar-refractivity contribution in [2.45, 2.75) is 0 Å². The molecule has 0 bridgehead atoms. The second-order valence-corrected chi connectivity index (χ2v) is 2.60. The van der Waals surface area contributed by atoms with Crippen LogP contribution in [0.3, 0.4) is 0 Å². The molecule has 8 heavy (non-hydrogen) atoms. The summed E-state index contributed by atoms with van der Waals surface area (Å²) in [6.07, 6.45) is 0. The molecule has 0 radical (unpaired) electrons. The van der Waals surface area contributed by atoms with E-state index in [1.165, 1.54) is 12.5 Å². The number of ether oxygens (including phenoxy) is 1. The second kappa shape index (κ2) is 3.51. The van der Waals surface area contributed by atoms with E-state index in [4.69, 9.17) is 5.14 Å². The summed E-state index contributed by atoms with van der Waals surface area (Å²) in [5, 5.41) is 6.20. The molecule has 1 atom stereocenters. The first-order valence-electron chi connectivity index (χ1n) is 1.96. The molecule has 1 unspecified atom stereocenters. The third kappa shape index (κ3) is 1.99. The molecule has 0 spiro atoms. The number of hydrogen-bond donors (Lipinski definition) is 2. The Labute approximate surface area is 51.0 Å². The van der Waals surface area contributed by atoms with Gasteiger partial charge in [-0.25, -0.2) is 4.79 Å². The van der Waals surface area contributed by atoms with Gasteiger partial charge in [0.25, 0.3) is 0 Å². The molecule has 0 saturated carbocycles. The van der Waals surface area contributed by atoms with Crippen molar-refractivity contribution in [1.82, 2.24) is 0 Å². The first kappa shape index (κ1) is 7.52. The first-order valence-corrected chi connectivity index (χ1v) is 3.44. The predicted molar refractivity (Wildman–Crippen MR) is 35.8 cm³/mol. The fourth-order valence-corrected chi connectivity index (χ4v) is 0.540. The van der Waals surface area contributed by atoms with Crippen LogP contribution in [0.1, 0.15) is 0 Å². The van der Waals surface area contributed by atoms with Crippen molar-refractivity contribution < 1.29 is 9.53 Å². The van der Waals surface area contributed by atoms with Crippen LogP contribution >= 0.6 is 11.1 Å². The summed E-state index contributed by atoms with van der Waals surface area (Å²) < 4.78 is 4.30. The lowest BCUT2D eigenvalue weighted by atomic mass is 11.3. The summed E-state index contributed by atoms with van der Waals surface area (Å²) in [5.41, 5.74) is 0. The Kier molecular flexibility index (Phi) is 3.30. The van der Waals surface area contributed by atoms with Crippen molar-refractivity contribution >= 4 is 16.4 Å². The first-order chi connectivity index (χ1) is 3.72. The second-order valence-electron chi connectivity index (χ2n) is 1.06. The monoisotopic (exact) mass is 135 g/mol. The maximum atomic E-state index is 10.4. The van der Waals surface area contributed by atoms with E-state index in [1.807, 2.05) is 0 Å². The largest absolute Gasteiger partial charge is 0.461 e. The minimum absolute atomic E-state index is 0.394. The summed E-state index contributed by atoms with van der Waals surface area (Å²) in [6.45, 7) is 3.33. The average Bonchev–Trinajstić information content (AvgIpc) is 1.84. The van der Waals surface area contributed by atoms with E-state index in [0.29, 0.717) is 0 Å². The van der Waals surface area contributed by atoms with Crippen molar-refractivity contribution in [2.75, 3.05) is 7.11 Å². The maximum Gasteiger partial charge on any atom is 0.362 e. The maximum absolute atomic E-state index is 10.4. The molecule has 0 aliphatic carbocycles. The number of carbonyl (C=O) groups is 1. The summed E-state index contributed by atoms with van der Waals surface area (Å²) >= 11 is -1.24. The van der Waals surface area contributed by atoms with Gasteiger partial charge in [-0.2, -0.15) is 0 Å². The van der Waals surface area contributed by atoms with E-state index in [-0.39, 0.29) is 0 Å². The van der Waals surface area contributed by atoms with Gasteiger partial charge in [-0.05, 0) is 5.41 Å². The summed E-state index contributed by atoms with van der Waals surface area (Å²) in [4.78, 5) is 10.4. The average molecular weight is 135 g/mol. The lowest BCUT2D eigenvalue weighted by molar-refractivity contribution is 0.200. The predicted octanol–water partition coefficient (Wildman–Crippen LogP) is 0.771. The topological polar surface area (TPSA) is 52.3 Å². The Balaban J connectivity index is 3.62. The normalized spacial score (nSPS) is 14.5. The lowest BCUT2D eigenvalue weighted by Crippen LogP contribution is -2.03. The molecule has 0 rings (SSSR count). The van der Waals surface area contributed by atoms with Crippen molar-refractivity contribution in [3.8, 4) is 0 Å². The quantitative estimate of drug-likeness (QED) is 0.412. The zero-order valence-corrected chi connectivity index (χ0v) is 5.52. The summed E-state index contributed by atoms with van der Waals surface area (Å²) in [7, 11) is 1.30. The summed E-state index contributed by atoms with van der Waals surface area (Å²) in [6, 6.07) is 0. The Morgan fingerprint density at radius 1 is 2.00 bits per heavy atom. The molecular formula is C4H9NO2S. The number of carbonyl (C=O) groups excluding carboxylic acids is 1. The van der Waals surface area contributed by atoms with E-state index in [2.05, 4.69) is 11.3 Å². The van der Waals surface area contributed by atoms with Gasteiger partial charge in [-0.15, -0.1) is 0 Å². The molecule has 0 heterocycles. The molecule has 0 aromatic heterocycles. The molecule has 2 N–H and O–H groups in total. The van der Waals surface area contributed by atoms with E-state index < -0.39 is 16.4 Å². The highest BCUT2D eigenvalue weighted by atomic mass is 32.2. The highest BCUT2D eigenvalue weighted by Gasteiger charge is 2.01. The van der Waals surface area contributed by atoms with E-state index in [1.54, 1.807) is 0 Å². The highest BCUT2D eigenvalue weighted by molar-refractivity contribution is 8.30. The molecule has 0 aromatic rings. The molecule has 0 amide bonds. The zero-order chi connectivity index (χ0) is 6.57. The number of thiol groups is 1. The minimum atomic E-state index is -1.24. The van der Waals surface area contributed by atoms with Crippen LogP contribution in [0.2, 0.25) is 0 Å². The molecule has 0 fully saturated rings. The zero-order valence-electron chi connectivity index (χ0n) is 4.63. The van der Waals surface area contributed by atoms with Crippen LogP contribution in [0, 0.1) is 0 Å². The van der Waals surface area contributed by atoms with Gasteiger partial charge < -0.3 is 4.74 Å². The summed E-state index contributed by atoms with van der Waals surface area (Å²) in [5.74, 6) is 0. The Hall–Kier alpha value is -0.480. The highest BCUT2D eigenvalue weighted by Crippen LogP contribution is 2.16. The van der Waals surface area contributed by atoms with Gasteiger partial charge in [0.15, 0.2) is 0 Å². The van der Waals surface area contributed by atoms with Gasteiger partial charge in [0, 0.05) is 0 Å². The number of methoxy groups -OCH3 is 1. The standard InChI is InChI=1S/C4H9NO2S/c1-3-8(5)4(6)7-2/h3,8H,1,5H2,2H3. The third-order valence-corrected chi connectivity index (χ3v) is 1.58. The van der Waals surface area contributed by atoms with Gasteiger partial charge >= 0.3 is 5.30 Å².